The molecule has 2 aromatic carbocycles. The average molecular weight is 331 g/mol. The molecule has 0 N–H and O–H groups in total. The van der Waals surface area contributed by atoms with Crippen LogP contribution in [0.3, 0.4) is 0 Å². The summed E-state index contributed by atoms with van der Waals surface area (Å²) >= 11 is 0. The number of rotatable bonds is 2. The van der Waals surface area contributed by atoms with Gasteiger partial charge in [-0.3, -0.25) is 4.58 Å². The first-order valence-electron chi connectivity index (χ1n) is 6.73. The van der Waals surface area contributed by atoms with Crippen molar-refractivity contribution in [1.29, 1.82) is 0 Å². The molecule has 0 aliphatic carbocycles. The van der Waals surface area contributed by atoms with Gasteiger partial charge in [0.15, 0.2) is 0 Å². The van der Waals surface area contributed by atoms with Crippen LogP contribution in [-0.4, -0.2) is 30.5 Å². The van der Waals surface area contributed by atoms with Gasteiger partial charge in [-0.15, -0.1) is 0 Å². The predicted octanol–water partition coefficient (Wildman–Crippen LogP) is -0.0919. The Bertz CT molecular complexity index is 603. The zero-order valence-corrected chi connectivity index (χ0v) is 13.5. The smallest absolute Gasteiger partial charge is 0.284 e. The van der Waals surface area contributed by atoms with E-state index in [4.69, 9.17) is 0 Å². The Balaban J connectivity index is 0.00000147. The molecule has 0 unspecified atom stereocenters. The number of amidine groups is 1. The third-order valence-electron chi connectivity index (χ3n) is 3.65. The topological polar surface area (TPSA) is 6.25 Å². The zero-order valence-electron chi connectivity index (χ0n) is 11.9. The second-order valence-electron chi connectivity index (χ2n) is 5.10. The summed E-state index contributed by atoms with van der Waals surface area (Å²) in [5.74, 6) is 1.30. The molecule has 0 saturated heterocycles. The van der Waals surface area contributed by atoms with Crippen molar-refractivity contribution in [2.45, 2.75) is 6.92 Å². The lowest BCUT2D eigenvalue weighted by atomic mass is 10.1. The second-order valence-corrected chi connectivity index (χ2v) is 5.10. The minimum Gasteiger partial charge on any atom is -1.00 e. The molecule has 0 saturated carbocycles. The van der Waals surface area contributed by atoms with E-state index in [1.54, 1.807) is 0 Å². The minimum atomic E-state index is 0. The molecular formula is C17H19BrN2. The highest BCUT2D eigenvalue weighted by molar-refractivity contribution is 6.07. The third kappa shape index (κ3) is 2.78. The molecule has 3 rings (SSSR count). The Hall–Kier alpha value is -1.61. The first kappa shape index (κ1) is 14.8. The molecular weight excluding hydrogens is 312 g/mol. The van der Waals surface area contributed by atoms with Gasteiger partial charge >= 0.3 is 0 Å². The fourth-order valence-electron chi connectivity index (χ4n) is 2.61. The predicted molar refractivity (Wildman–Crippen MR) is 80.1 cm³/mol. The number of nitrogens with zero attached hydrogens (tertiary/aromatic N) is 2. The zero-order chi connectivity index (χ0) is 13.2. The Kier molecular flexibility index (Phi) is 4.61. The quantitative estimate of drug-likeness (QED) is 0.697. The highest BCUT2D eigenvalue weighted by Crippen LogP contribution is 2.20. The van der Waals surface area contributed by atoms with Gasteiger partial charge in [-0.1, -0.05) is 35.9 Å². The Labute approximate surface area is 131 Å². The molecule has 0 radical (unpaired) electrons. The third-order valence-corrected chi connectivity index (χ3v) is 3.65. The summed E-state index contributed by atoms with van der Waals surface area (Å²) in [6, 6.07) is 19.4. The maximum atomic E-state index is 2.40. The molecule has 0 fully saturated rings. The normalized spacial score (nSPS) is 14.4. The molecule has 0 aromatic heterocycles. The standard InChI is InChI=1S/C17H19N2.BrH/c1-14-8-10-16(11-9-14)19-13-12-18(2)17(19)15-6-4-3-5-7-15;/h3-11H,12-13H2,1-2H3;1H/q+1;/p-1. The fraction of sp³-hybridized carbons (Fsp3) is 0.235. The van der Waals surface area contributed by atoms with Crippen molar-refractivity contribution in [3.8, 4) is 0 Å². The van der Waals surface area contributed by atoms with Gasteiger partial charge in [0.05, 0.1) is 12.6 Å². The van der Waals surface area contributed by atoms with Crippen LogP contribution in [-0.2, 0) is 0 Å². The molecule has 1 aliphatic rings. The van der Waals surface area contributed by atoms with Crippen molar-refractivity contribution in [1.82, 2.24) is 0 Å². The lowest BCUT2D eigenvalue weighted by Crippen LogP contribution is -3.00. The van der Waals surface area contributed by atoms with Gasteiger partial charge in [-0.25, -0.2) is 4.90 Å². The molecule has 1 heterocycles. The molecule has 2 aromatic rings. The number of anilines is 1. The fourth-order valence-corrected chi connectivity index (χ4v) is 2.61. The first-order chi connectivity index (χ1) is 9.25. The van der Waals surface area contributed by atoms with Crippen LogP contribution >= 0.6 is 0 Å². The van der Waals surface area contributed by atoms with Gasteiger partial charge in [0.2, 0.25) is 0 Å². The SMILES string of the molecule is Cc1ccc(N2CC[N+](C)=C2c2ccccc2)cc1.[Br-]. The maximum Gasteiger partial charge on any atom is 0.284 e. The molecule has 0 amide bonds. The van der Waals surface area contributed by atoms with E-state index in [9.17, 15) is 0 Å². The number of halogens is 1. The van der Waals surface area contributed by atoms with Crippen LogP contribution in [0.2, 0.25) is 0 Å². The van der Waals surface area contributed by atoms with Gasteiger partial charge in [0.25, 0.3) is 5.84 Å². The summed E-state index contributed by atoms with van der Waals surface area (Å²) in [4.78, 5) is 2.40. The summed E-state index contributed by atoms with van der Waals surface area (Å²) in [5, 5.41) is 0. The summed E-state index contributed by atoms with van der Waals surface area (Å²) in [6.07, 6.45) is 0. The van der Waals surface area contributed by atoms with E-state index >= 15 is 0 Å². The van der Waals surface area contributed by atoms with Crippen LogP contribution in [0.15, 0.2) is 54.6 Å². The van der Waals surface area contributed by atoms with E-state index in [2.05, 4.69) is 78.0 Å². The van der Waals surface area contributed by atoms with Gasteiger partial charge in [0, 0.05) is 0 Å². The van der Waals surface area contributed by atoms with Crippen molar-refractivity contribution in [3.05, 3.63) is 65.7 Å². The number of aryl methyl sites for hydroxylation is 1. The van der Waals surface area contributed by atoms with Crippen LogP contribution in [0.25, 0.3) is 0 Å². The summed E-state index contributed by atoms with van der Waals surface area (Å²) in [5.41, 5.74) is 3.86. The van der Waals surface area contributed by atoms with Crippen LogP contribution in [0.5, 0.6) is 0 Å². The van der Waals surface area contributed by atoms with E-state index in [0.29, 0.717) is 0 Å². The maximum absolute atomic E-state index is 2.40. The van der Waals surface area contributed by atoms with Crippen LogP contribution in [0.1, 0.15) is 11.1 Å². The summed E-state index contributed by atoms with van der Waals surface area (Å²) in [6.45, 7) is 4.24. The van der Waals surface area contributed by atoms with Crippen molar-refractivity contribution in [2.75, 3.05) is 25.0 Å². The highest BCUT2D eigenvalue weighted by atomic mass is 79.9. The van der Waals surface area contributed by atoms with Gasteiger partial charge in [0.1, 0.15) is 18.8 Å². The average Bonchev–Trinajstić information content (AvgIpc) is 2.82. The van der Waals surface area contributed by atoms with Gasteiger partial charge < -0.3 is 17.0 Å². The largest absolute Gasteiger partial charge is 1.00 e. The number of likely N-dealkylation sites (N-methyl/N-ethyl adjacent to an activating group) is 1. The number of hydrogen-bond acceptors (Lipinski definition) is 1. The van der Waals surface area contributed by atoms with Crippen molar-refractivity contribution < 1.29 is 21.6 Å². The molecule has 2 nitrogen and oxygen atoms in total. The van der Waals surface area contributed by atoms with Crippen LogP contribution in [0, 0.1) is 6.92 Å². The first-order valence-corrected chi connectivity index (χ1v) is 6.73. The Morgan fingerprint density at radius 2 is 1.60 bits per heavy atom. The Morgan fingerprint density at radius 1 is 0.950 bits per heavy atom. The van der Waals surface area contributed by atoms with Gasteiger partial charge in [-0.05, 0) is 31.2 Å². The lowest BCUT2D eigenvalue weighted by Gasteiger charge is -2.13. The number of hydrogen-bond donors (Lipinski definition) is 0. The minimum absolute atomic E-state index is 0. The van der Waals surface area contributed by atoms with Crippen molar-refractivity contribution in [3.63, 3.8) is 0 Å². The molecule has 104 valence electrons. The second kappa shape index (κ2) is 6.23. The van der Waals surface area contributed by atoms with Crippen molar-refractivity contribution in [2.24, 2.45) is 0 Å². The van der Waals surface area contributed by atoms with Gasteiger partial charge in [-0.2, -0.15) is 0 Å². The van der Waals surface area contributed by atoms with E-state index in [-0.39, 0.29) is 17.0 Å². The summed E-state index contributed by atoms with van der Waals surface area (Å²) in [7, 11) is 2.16. The molecule has 3 heteroatoms. The van der Waals surface area contributed by atoms with E-state index in [1.807, 2.05) is 0 Å². The monoisotopic (exact) mass is 330 g/mol. The molecule has 1 aliphatic heterocycles. The van der Waals surface area contributed by atoms with Crippen LogP contribution in [0.4, 0.5) is 5.69 Å². The molecule has 0 spiro atoms. The van der Waals surface area contributed by atoms with E-state index in [0.717, 1.165) is 13.1 Å². The van der Waals surface area contributed by atoms with E-state index in [1.165, 1.54) is 22.6 Å². The summed E-state index contributed by atoms with van der Waals surface area (Å²) < 4.78 is 2.33. The van der Waals surface area contributed by atoms with Crippen molar-refractivity contribution >= 4 is 11.5 Å². The number of benzene rings is 2. The molecule has 0 atom stereocenters. The molecule has 20 heavy (non-hydrogen) atoms. The lowest BCUT2D eigenvalue weighted by molar-refractivity contribution is -0.485. The van der Waals surface area contributed by atoms with E-state index < -0.39 is 0 Å². The highest BCUT2D eigenvalue weighted by Gasteiger charge is 2.31. The molecule has 0 bridgehead atoms. The van der Waals surface area contributed by atoms with Crippen LogP contribution < -0.4 is 21.9 Å². The Morgan fingerprint density at radius 3 is 2.25 bits per heavy atom.